The number of ether oxygens (including phenoxy) is 2. The van der Waals surface area contributed by atoms with Crippen LogP contribution in [0.2, 0.25) is 0 Å². The Morgan fingerprint density at radius 2 is 1.69 bits per heavy atom. The first-order chi connectivity index (χ1) is 7.81. The first-order valence-electron chi connectivity index (χ1n) is 6.08. The van der Waals surface area contributed by atoms with Crippen molar-refractivity contribution >= 4 is 5.91 Å². The molecule has 0 fully saturated rings. The highest BCUT2D eigenvalue weighted by Gasteiger charge is 1.97. The van der Waals surface area contributed by atoms with E-state index in [9.17, 15) is 4.79 Å². The van der Waals surface area contributed by atoms with Crippen LogP contribution in [0.3, 0.4) is 0 Å². The van der Waals surface area contributed by atoms with Crippen molar-refractivity contribution in [2.75, 3.05) is 34.0 Å². The summed E-state index contributed by atoms with van der Waals surface area (Å²) in [7, 11) is 3.38. The lowest BCUT2D eigenvalue weighted by atomic mass is 10.1. The van der Waals surface area contributed by atoms with Crippen LogP contribution >= 0.6 is 0 Å². The Morgan fingerprint density at radius 1 is 1.00 bits per heavy atom. The van der Waals surface area contributed by atoms with Crippen molar-refractivity contribution in [3.05, 3.63) is 0 Å². The van der Waals surface area contributed by atoms with E-state index in [-0.39, 0.29) is 5.91 Å². The average Bonchev–Trinajstić information content (AvgIpc) is 2.31. The molecule has 0 atom stereocenters. The molecule has 0 aromatic rings. The van der Waals surface area contributed by atoms with E-state index in [2.05, 4.69) is 5.32 Å². The molecule has 0 spiro atoms. The number of unbranched alkanes of at least 4 members (excludes halogenated alkanes) is 3. The third-order valence-electron chi connectivity index (χ3n) is 2.36. The molecule has 0 heterocycles. The largest absolute Gasteiger partial charge is 0.385 e. The molecular formula is C12H25NO3. The summed E-state index contributed by atoms with van der Waals surface area (Å²) >= 11 is 0. The molecule has 1 amide bonds. The molecule has 0 saturated carbocycles. The maximum absolute atomic E-state index is 10.9. The van der Waals surface area contributed by atoms with Gasteiger partial charge < -0.3 is 14.8 Å². The number of amides is 1. The van der Waals surface area contributed by atoms with Crippen LogP contribution in [0.25, 0.3) is 0 Å². The summed E-state index contributed by atoms with van der Waals surface area (Å²) in [6, 6.07) is 0. The molecule has 96 valence electrons. The molecule has 4 heteroatoms. The Kier molecular flexibility index (Phi) is 12.0. The third kappa shape index (κ3) is 11.5. The quantitative estimate of drug-likeness (QED) is 0.551. The number of carbonyl (C=O) groups is 1. The molecular weight excluding hydrogens is 206 g/mol. The number of methoxy groups -OCH3 is 1. The molecule has 0 aliphatic rings. The van der Waals surface area contributed by atoms with Crippen molar-refractivity contribution in [2.24, 2.45) is 0 Å². The lowest BCUT2D eigenvalue weighted by Gasteiger charge is -2.04. The van der Waals surface area contributed by atoms with Crippen LogP contribution in [0.5, 0.6) is 0 Å². The zero-order valence-electron chi connectivity index (χ0n) is 10.6. The highest BCUT2D eigenvalue weighted by atomic mass is 16.5. The van der Waals surface area contributed by atoms with Gasteiger partial charge >= 0.3 is 0 Å². The highest BCUT2D eigenvalue weighted by molar-refractivity contribution is 5.75. The second-order valence-electron chi connectivity index (χ2n) is 3.80. The molecule has 1 N–H and O–H groups in total. The van der Waals surface area contributed by atoms with E-state index in [0.29, 0.717) is 6.42 Å². The van der Waals surface area contributed by atoms with Crippen molar-refractivity contribution < 1.29 is 14.3 Å². The number of carbonyl (C=O) groups excluding carboxylic acids is 1. The second kappa shape index (κ2) is 12.5. The molecule has 16 heavy (non-hydrogen) atoms. The van der Waals surface area contributed by atoms with Gasteiger partial charge in [-0.15, -0.1) is 0 Å². The molecule has 4 nitrogen and oxygen atoms in total. The van der Waals surface area contributed by atoms with Crippen LogP contribution in [0, 0.1) is 0 Å². The van der Waals surface area contributed by atoms with Crippen molar-refractivity contribution in [2.45, 2.75) is 38.5 Å². The van der Waals surface area contributed by atoms with Crippen molar-refractivity contribution in [3.8, 4) is 0 Å². The Bertz CT molecular complexity index is 162. The maximum Gasteiger partial charge on any atom is 0.219 e. The van der Waals surface area contributed by atoms with Gasteiger partial charge in [-0.2, -0.15) is 0 Å². The summed E-state index contributed by atoms with van der Waals surface area (Å²) in [6.07, 6.45) is 5.92. The first-order valence-corrected chi connectivity index (χ1v) is 6.08. The van der Waals surface area contributed by atoms with Crippen molar-refractivity contribution in [1.29, 1.82) is 0 Å². The summed E-state index contributed by atoms with van der Waals surface area (Å²) in [5.41, 5.74) is 0. The standard InChI is InChI=1S/C12H25NO3/c1-13-12(14)8-5-3-4-6-10-16-11-7-9-15-2/h3-11H2,1-2H3,(H,13,14). The van der Waals surface area contributed by atoms with Gasteiger partial charge in [-0.05, 0) is 19.3 Å². The first kappa shape index (κ1) is 15.4. The van der Waals surface area contributed by atoms with Crippen molar-refractivity contribution in [1.82, 2.24) is 5.32 Å². The summed E-state index contributed by atoms with van der Waals surface area (Å²) in [5, 5.41) is 2.62. The normalized spacial score (nSPS) is 10.4. The van der Waals surface area contributed by atoms with Crippen LogP contribution in [0.4, 0.5) is 0 Å². The monoisotopic (exact) mass is 231 g/mol. The van der Waals surface area contributed by atoms with E-state index in [0.717, 1.165) is 51.9 Å². The smallest absolute Gasteiger partial charge is 0.219 e. The maximum atomic E-state index is 10.9. The summed E-state index contributed by atoms with van der Waals surface area (Å²) in [4.78, 5) is 10.9. The molecule has 0 saturated heterocycles. The van der Waals surface area contributed by atoms with E-state index in [1.165, 1.54) is 0 Å². The van der Waals surface area contributed by atoms with Crippen molar-refractivity contribution in [3.63, 3.8) is 0 Å². The lowest BCUT2D eigenvalue weighted by molar-refractivity contribution is -0.120. The van der Waals surface area contributed by atoms with Crippen LogP contribution in [0.1, 0.15) is 38.5 Å². The van der Waals surface area contributed by atoms with Crippen LogP contribution in [0.15, 0.2) is 0 Å². The zero-order chi connectivity index (χ0) is 12.1. The fraction of sp³-hybridized carbons (Fsp3) is 0.917. The predicted molar refractivity (Wildman–Crippen MR) is 64.5 cm³/mol. The average molecular weight is 231 g/mol. The van der Waals surface area contributed by atoms with E-state index < -0.39 is 0 Å². The Labute approximate surface area is 98.7 Å². The molecule has 0 unspecified atom stereocenters. The number of rotatable bonds is 11. The molecule has 0 aromatic carbocycles. The number of hydrogen-bond donors (Lipinski definition) is 1. The van der Waals surface area contributed by atoms with E-state index in [4.69, 9.17) is 9.47 Å². The van der Waals surface area contributed by atoms with Crippen LogP contribution in [-0.4, -0.2) is 39.9 Å². The molecule has 0 aromatic heterocycles. The van der Waals surface area contributed by atoms with Crippen LogP contribution < -0.4 is 5.32 Å². The van der Waals surface area contributed by atoms with Gasteiger partial charge in [0.05, 0.1) is 0 Å². The minimum Gasteiger partial charge on any atom is -0.385 e. The van der Waals surface area contributed by atoms with E-state index >= 15 is 0 Å². The second-order valence-corrected chi connectivity index (χ2v) is 3.80. The van der Waals surface area contributed by atoms with Gasteiger partial charge in [0, 0.05) is 40.4 Å². The third-order valence-corrected chi connectivity index (χ3v) is 2.36. The number of nitrogens with one attached hydrogen (secondary N) is 1. The Hall–Kier alpha value is -0.610. The minimum atomic E-state index is 0.135. The molecule has 0 bridgehead atoms. The topological polar surface area (TPSA) is 47.6 Å². The predicted octanol–water partition coefficient (Wildman–Crippen LogP) is 1.74. The van der Waals surface area contributed by atoms with Gasteiger partial charge in [0.2, 0.25) is 5.91 Å². The van der Waals surface area contributed by atoms with Gasteiger partial charge in [0.1, 0.15) is 0 Å². The molecule has 0 aliphatic carbocycles. The highest BCUT2D eigenvalue weighted by Crippen LogP contribution is 2.03. The van der Waals surface area contributed by atoms with Crippen LogP contribution in [-0.2, 0) is 14.3 Å². The van der Waals surface area contributed by atoms with Gasteiger partial charge in [-0.3, -0.25) is 4.79 Å². The Balaban J connectivity index is 2.96. The summed E-state index contributed by atoms with van der Waals surface area (Å²) in [5.74, 6) is 0.135. The fourth-order valence-corrected chi connectivity index (χ4v) is 1.38. The summed E-state index contributed by atoms with van der Waals surface area (Å²) < 4.78 is 10.3. The summed E-state index contributed by atoms with van der Waals surface area (Å²) in [6.45, 7) is 2.38. The zero-order valence-corrected chi connectivity index (χ0v) is 10.6. The van der Waals surface area contributed by atoms with E-state index in [1.54, 1.807) is 14.2 Å². The lowest BCUT2D eigenvalue weighted by Crippen LogP contribution is -2.16. The number of hydrogen-bond acceptors (Lipinski definition) is 3. The Morgan fingerprint density at radius 3 is 2.38 bits per heavy atom. The van der Waals surface area contributed by atoms with Gasteiger partial charge in [-0.25, -0.2) is 0 Å². The van der Waals surface area contributed by atoms with Gasteiger partial charge in [-0.1, -0.05) is 12.8 Å². The molecule has 0 aliphatic heterocycles. The van der Waals surface area contributed by atoms with Gasteiger partial charge in [0.25, 0.3) is 0 Å². The molecule has 0 rings (SSSR count). The van der Waals surface area contributed by atoms with E-state index in [1.807, 2.05) is 0 Å². The molecule has 0 radical (unpaired) electrons. The van der Waals surface area contributed by atoms with Gasteiger partial charge in [0.15, 0.2) is 0 Å². The fourth-order valence-electron chi connectivity index (χ4n) is 1.38. The minimum absolute atomic E-state index is 0.135. The SMILES string of the molecule is CNC(=O)CCCCCCOCCCOC.